The van der Waals surface area contributed by atoms with E-state index in [-0.39, 0.29) is 22.9 Å². The molecule has 0 aliphatic rings. The number of ether oxygens (including phenoxy) is 1. The number of aliphatic hydroxyl groups excluding tert-OH is 1. The minimum absolute atomic E-state index is 0.0545. The molecule has 0 bridgehead atoms. The van der Waals surface area contributed by atoms with Crippen LogP contribution >= 0.6 is 0 Å². The van der Waals surface area contributed by atoms with Gasteiger partial charge in [-0.3, -0.25) is 0 Å². The molecule has 0 aliphatic carbocycles. The molecule has 0 saturated heterocycles. The third-order valence-corrected chi connectivity index (χ3v) is 8.69. The topological polar surface area (TPSA) is 29.5 Å². The fourth-order valence-electron chi connectivity index (χ4n) is 6.49. The SMILES string of the molecule is CC(C)(C)c1c(CO)ccc2ccccc12.COc1ccc(C(C)(C)C)c2ccccc12.Cc1ccc2c(C(C)(C)C)cccc2c1. The molecule has 2 nitrogen and oxygen atoms in total. The maximum Gasteiger partial charge on any atom is 0.126 e. The molecular weight excluding hydrogens is 572 g/mol. The van der Waals surface area contributed by atoms with Gasteiger partial charge in [-0.25, -0.2) is 0 Å². The first kappa shape index (κ1) is 35.7. The fraction of sp³-hybridized carbons (Fsp3) is 0.333. The van der Waals surface area contributed by atoms with E-state index in [0.717, 1.165) is 11.3 Å². The summed E-state index contributed by atoms with van der Waals surface area (Å²) in [7, 11) is 1.72. The van der Waals surface area contributed by atoms with Crippen LogP contribution in [0.3, 0.4) is 0 Å². The Balaban J connectivity index is 0.000000160. The molecule has 0 saturated carbocycles. The summed E-state index contributed by atoms with van der Waals surface area (Å²) in [6.07, 6.45) is 0. The largest absolute Gasteiger partial charge is 0.496 e. The Labute approximate surface area is 283 Å². The molecule has 6 aromatic rings. The molecule has 6 aromatic carbocycles. The highest BCUT2D eigenvalue weighted by Gasteiger charge is 2.21. The first-order chi connectivity index (χ1) is 22.1. The van der Waals surface area contributed by atoms with Crippen molar-refractivity contribution in [2.75, 3.05) is 7.11 Å². The zero-order valence-electron chi connectivity index (χ0n) is 30.5. The number of benzene rings is 6. The van der Waals surface area contributed by atoms with Gasteiger partial charge in [0.05, 0.1) is 13.7 Å². The highest BCUT2D eigenvalue weighted by atomic mass is 16.5. The molecule has 1 N–H and O–H groups in total. The molecule has 47 heavy (non-hydrogen) atoms. The summed E-state index contributed by atoms with van der Waals surface area (Å²) in [5.41, 5.74) is 6.84. The molecule has 0 unspecified atom stereocenters. The van der Waals surface area contributed by atoms with E-state index in [1.54, 1.807) is 7.11 Å². The van der Waals surface area contributed by atoms with Crippen molar-refractivity contribution in [3.8, 4) is 5.75 Å². The Morgan fingerprint density at radius 1 is 0.511 bits per heavy atom. The number of hydrogen-bond acceptors (Lipinski definition) is 2. The van der Waals surface area contributed by atoms with E-state index in [9.17, 15) is 5.11 Å². The van der Waals surface area contributed by atoms with Gasteiger partial charge in [-0.15, -0.1) is 0 Å². The highest BCUT2D eigenvalue weighted by molar-refractivity contribution is 5.92. The quantitative estimate of drug-likeness (QED) is 0.207. The van der Waals surface area contributed by atoms with Gasteiger partial charge in [0.2, 0.25) is 0 Å². The second-order valence-electron chi connectivity index (χ2n) is 15.6. The second-order valence-corrected chi connectivity index (χ2v) is 15.6. The average Bonchev–Trinajstić information content (AvgIpc) is 3.02. The van der Waals surface area contributed by atoms with Crippen LogP contribution in [0.15, 0.2) is 109 Å². The van der Waals surface area contributed by atoms with Gasteiger partial charge in [0, 0.05) is 5.39 Å². The highest BCUT2D eigenvalue weighted by Crippen LogP contribution is 2.35. The molecular formula is C45H54O2. The smallest absolute Gasteiger partial charge is 0.126 e. The first-order valence-electron chi connectivity index (χ1n) is 16.7. The summed E-state index contributed by atoms with van der Waals surface area (Å²) < 4.78 is 5.40. The minimum atomic E-state index is 0.0545. The van der Waals surface area contributed by atoms with Crippen molar-refractivity contribution in [1.29, 1.82) is 0 Å². The van der Waals surface area contributed by atoms with E-state index in [2.05, 4.69) is 166 Å². The van der Waals surface area contributed by atoms with Gasteiger partial charge in [-0.2, -0.15) is 0 Å². The Bertz CT molecular complexity index is 1950. The summed E-state index contributed by atoms with van der Waals surface area (Å²) in [6.45, 7) is 22.3. The molecule has 6 rings (SSSR count). The minimum Gasteiger partial charge on any atom is -0.496 e. The van der Waals surface area contributed by atoms with Gasteiger partial charge < -0.3 is 9.84 Å². The molecule has 2 heteroatoms. The van der Waals surface area contributed by atoms with Crippen LogP contribution in [0.2, 0.25) is 0 Å². The standard InChI is InChI=1S/2C15H18O.C15H18/c1-15(2,3)13-9-10-14(16-4)12-8-6-5-7-11(12)13;1-15(2,3)14-12(10-16)9-8-11-6-4-5-7-13(11)14;1-11-8-9-13-12(10-11)6-5-7-14(13)15(2,3)4/h5-10H,1-4H3;4-9,16H,10H2,1-3H3;5-10H,1-4H3. The van der Waals surface area contributed by atoms with E-state index in [4.69, 9.17) is 4.74 Å². The predicted octanol–water partition coefficient (Wildman–Crippen LogP) is 12.2. The molecule has 0 aromatic heterocycles. The monoisotopic (exact) mass is 626 g/mol. The molecule has 0 fully saturated rings. The van der Waals surface area contributed by atoms with Crippen molar-refractivity contribution in [1.82, 2.24) is 0 Å². The van der Waals surface area contributed by atoms with Crippen molar-refractivity contribution in [3.05, 3.63) is 137 Å². The Morgan fingerprint density at radius 3 is 1.68 bits per heavy atom. The van der Waals surface area contributed by atoms with Crippen LogP contribution in [0.1, 0.15) is 90.1 Å². The van der Waals surface area contributed by atoms with Crippen LogP contribution in [0, 0.1) is 6.92 Å². The normalized spacial score (nSPS) is 11.9. The number of aryl methyl sites for hydroxylation is 1. The second kappa shape index (κ2) is 14.3. The summed E-state index contributed by atoms with van der Waals surface area (Å²) in [5.74, 6) is 0.948. The lowest BCUT2D eigenvalue weighted by Crippen LogP contribution is -2.15. The number of fused-ring (bicyclic) bond motifs is 3. The number of rotatable bonds is 2. The third kappa shape index (κ3) is 8.42. The van der Waals surface area contributed by atoms with Crippen molar-refractivity contribution < 1.29 is 9.84 Å². The van der Waals surface area contributed by atoms with Gasteiger partial charge in [-0.05, 0) is 78.4 Å². The summed E-state index contributed by atoms with van der Waals surface area (Å²) >= 11 is 0. The Morgan fingerprint density at radius 2 is 1.09 bits per heavy atom. The van der Waals surface area contributed by atoms with E-state index in [0.29, 0.717) is 0 Å². The molecule has 0 radical (unpaired) electrons. The van der Waals surface area contributed by atoms with Gasteiger partial charge in [0.25, 0.3) is 0 Å². The molecule has 0 heterocycles. The van der Waals surface area contributed by atoms with Crippen LogP contribution in [-0.2, 0) is 22.9 Å². The number of aliphatic hydroxyl groups is 1. The van der Waals surface area contributed by atoms with E-state index >= 15 is 0 Å². The van der Waals surface area contributed by atoms with Gasteiger partial charge in [-0.1, -0.05) is 171 Å². The average molecular weight is 627 g/mol. The van der Waals surface area contributed by atoms with Gasteiger partial charge >= 0.3 is 0 Å². The third-order valence-electron chi connectivity index (χ3n) is 8.69. The van der Waals surface area contributed by atoms with E-state index < -0.39 is 0 Å². The van der Waals surface area contributed by atoms with Crippen LogP contribution in [-0.4, -0.2) is 12.2 Å². The Kier molecular flexibility index (Phi) is 10.9. The zero-order chi connectivity index (χ0) is 34.6. The van der Waals surface area contributed by atoms with Crippen LogP contribution < -0.4 is 4.74 Å². The molecule has 0 spiro atoms. The van der Waals surface area contributed by atoms with E-state index in [1.807, 2.05) is 12.1 Å². The van der Waals surface area contributed by atoms with Crippen LogP contribution in [0.25, 0.3) is 32.3 Å². The lowest BCUT2D eigenvalue weighted by atomic mass is 9.80. The molecule has 0 atom stereocenters. The molecule has 246 valence electrons. The van der Waals surface area contributed by atoms with Gasteiger partial charge in [0.15, 0.2) is 0 Å². The molecule has 0 aliphatic heterocycles. The maximum atomic E-state index is 9.44. The maximum absolute atomic E-state index is 9.44. The van der Waals surface area contributed by atoms with Crippen molar-refractivity contribution >= 4 is 32.3 Å². The summed E-state index contributed by atoms with van der Waals surface area (Å²) in [6, 6.07) is 38.4. The van der Waals surface area contributed by atoms with Crippen molar-refractivity contribution in [2.45, 2.75) is 92.1 Å². The fourth-order valence-corrected chi connectivity index (χ4v) is 6.49. The van der Waals surface area contributed by atoms with Crippen molar-refractivity contribution in [2.24, 2.45) is 0 Å². The summed E-state index contributed by atoms with van der Waals surface area (Å²) in [4.78, 5) is 0. The van der Waals surface area contributed by atoms with Crippen LogP contribution in [0.4, 0.5) is 0 Å². The van der Waals surface area contributed by atoms with E-state index in [1.165, 1.54) is 54.6 Å². The zero-order valence-corrected chi connectivity index (χ0v) is 30.5. The lowest BCUT2D eigenvalue weighted by molar-refractivity contribution is 0.279. The number of hydrogen-bond donors (Lipinski definition) is 1. The molecule has 0 amide bonds. The number of methoxy groups -OCH3 is 1. The predicted molar refractivity (Wildman–Crippen MR) is 205 cm³/mol. The summed E-state index contributed by atoms with van der Waals surface area (Å²) in [5, 5.41) is 17.1. The first-order valence-corrected chi connectivity index (χ1v) is 16.7. The van der Waals surface area contributed by atoms with Crippen LogP contribution in [0.5, 0.6) is 5.75 Å². The Hall–Kier alpha value is -4.14. The van der Waals surface area contributed by atoms with Gasteiger partial charge in [0.1, 0.15) is 5.75 Å². The van der Waals surface area contributed by atoms with Crippen molar-refractivity contribution in [3.63, 3.8) is 0 Å². The lowest BCUT2D eigenvalue weighted by Gasteiger charge is -2.24.